The van der Waals surface area contributed by atoms with Gasteiger partial charge in [0.1, 0.15) is 12.7 Å². The van der Waals surface area contributed by atoms with Crippen LogP contribution in [-0.4, -0.2) is 32.6 Å². The summed E-state index contributed by atoms with van der Waals surface area (Å²) in [4.78, 5) is 18.1. The van der Waals surface area contributed by atoms with E-state index in [0.29, 0.717) is 0 Å². The van der Waals surface area contributed by atoms with Gasteiger partial charge >= 0.3 is 0 Å². The van der Waals surface area contributed by atoms with Gasteiger partial charge in [-0.25, -0.2) is 9.67 Å². The molecule has 0 saturated carbocycles. The van der Waals surface area contributed by atoms with Gasteiger partial charge < -0.3 is 4.90 Å². The molecule has 1 atom stereocenters. The minimum Gasteiger partial charge on any atom is -0.335 e. The normalized spacial score (nSPS) is 12.2. The van der Waals surface area contributed by atoms with Crippen molar-refractivity contribution < 1.29 is 4.79 Å². The monoisotopic (exact) mass is 332 g/mol. The number of nitrogens with zero attached hydrogens (tertiary/aromatic N) is 4. The molecule has 0 radical (unpaired) electrons. The molecular weight excluding hydrogens is 312 g/mol. The Kier molecular flexibility index (Phi) is 5.04. The van der Waals surface area contributed by atoms with Crippen molar-refractivity contribution in [3.8, 4) is 5.69 Å². The van der Waals surface area contributed by atoms with Crippen LogP contribution in [0.1, 0.15) is 24.1 Å². The number of carbonyl (C=O) groups excluding carboxylic acids is 1. The Morgan fingerprint density at radius 2 is 1.84 bits per heavy atom. The Hall–Kier alpha value is -3.21. The molecule has 0 aliphatic rings. The summed E-state index contributed by atoms with van der Waals surface area (Å²) in [5.41, 5.74) is 3.01. The summed E-state index contributed by atoms with van der Waals surface area (Å²) in [6, 6.07) is 17.7. The minimum absolute atomic E-state index is 0.0299. The van der Waals surface area contributed by atoms with Crippen molar-refractivity contribution in [2.24, 2.45) is 0 Å². The van der Waals surface area contributed by atoms with Crippen molar-refractivity contribution in [2.45, 2.75) is 13.0 Å². The first-order chi connectivity index (χ1) is 12.1. The van der Waals surface area contributed by atoms with Gasteiger partial charge in [0, 0.05) is 13.1 Å². The summed E-state index contributed by atoms with van der Waals surface area (Å²) in [5.74, 6) is -0.0308. The van der Waals surface area contributed by atoms with Crippen molar-refractivity contribution in [1.29, 1.82) is 0 Å². The van der Waals surface area contributed by atoms with Crippen molar-refractivity contribution in [3.05, 3.63) is 84.5 Å². The van der Waals surface area contributed by atoms with Crippen LogP contribution in [0, 0.1) is 0 Å². The molecular formula is C20H20N4O. The highest BCUT2D eigenvalue weighted by Crippen LogP contribution is 2.20. The largest absolute Gasteiger partial charge is 0.335 e. The maximum absolute atomic E-state index is 12.4. The number of aromatic nitrogens is 3. The third-order valence-corrected chi connectivity index (χ3v) is 4.21. The van der Waals surface area contributed by atoms with E-state index >= 15 is 0 Å². The third-order valence-electron chi connectivity index (χ3n) is 4.21. The number of carbonyl (C=O) groups is 1. The predicted octanol–water partition coefficient (Wildman–Crippen LogP) is 3.50. The van der Waals surface area contributed by atoms with Crippen molar-refractivity contribution in [3.63, 3.8) is 0 Å². The molecule has 3 aromatic rings. The summed E-state index contributed by atoms with van der Waals surface area (Å²) in [6.07, 6.45) is 6.60. The first-order valence-corrected chi connectivity index (χ1v) is 8.10. The summed E-state index contributed by atoms with van der Waals surface area (Å²) in [5, 5.41) is 4.11. The van der Waals surface area contributed by atoms with Gasteiger partial charge in [-0.15, -0.1) is 0 Å². The second-order valence-electron chi connectivity index (χ2n) is 5.80. The second kappa shape index (κ2) is 7.57. The lowest BCUT2D eigenvalue weighted by atomic mass is 10.1. The lowest BCUT2D eigenvalue weighted by Crippen LogP contribution is -2.27. The second-order valence-corrected chi connectivity index (χ2v) is 5.80. The molecule has 0 N–H and O–H groups in total. The Labute approximate surface area is 147 Å². The van der Waals surface area contributed by atoms with Crippen LogP contribution in [0.15, 0.2) is 73.3 Å². The number of likely N-dealkylation sites (N-methyl/N-ethyl adjacent to an activating group) is 1. The van der Waals surface area contributed by atoms with Crippen molar-refractivity contribution >= 4 is 12.0 Å². The molecule has 2 aromatic carbocycles. The number of hydrogen-bond acceptors (Lipinski definition) is 3. The van der Waals surface area contributed by atoms with E-state index in [-0.39, 0.29) is 11.9 Å². The fraction of sp³-hybridized carbons (Fsp3) is 0.150. The first-order valence-electron chi connectivity index (χ1n) is 8.10. The van der Waals surface area contributed by atoms with Crippen LogP contribution in [0.4, 0.5) is 0 Å². The molecule has 5 heteroatoms. The zero-order valence-electron chi connectivity index (χ0n) is 14.3. The lowest BCUT2D eigenvalue weighted by Gasteiger charge is -2.24. The van der Waals surface area contributed by atoms with E-state index in [1.54, 1.807) is 22.0 Å². The Morgan fingerprint density at radius 1 is 1.12 bits per heavy atom. The summed E-state index contributed by atoms with van der Waals surface area (Å²) >= 11 is 0. The van der Waals surface area contributed by atoms with E-state index in [1.807, 2.05) is 74.6 Å². The van der Waals surface area contributed by atoms with E-state index < -0.39 is 0 Å². The standard InChI is InChI=1S/C20H20N4O/c1-16(18-9-11-19(12-10-18)24-15-21-14-22-24)23(2)20(25)13-8-17-6-4-3-5-7-17/h3-16H,1-2H3. The average molecular weight is 332 g/mol. The van der Waals surface area contributed by atoms with Crippen LogP contribution < -0.4 is 0 Å². The third kappa shape index (κ3) is 4.01. The van der Waals surface area contributed by atoms with E-state index in [9.17, 15) is 4.79 Å². The van der Waals surface area contributed by atoms with Gasteiger partial charge in [-0.05, 0) is 36.3 Å². The van der Waals surface area contributed by atoms with Crippen LogP contribution in [0.3, 0.4) is 0 Å². The molecule has 5 nitrogen and oxygen atoms in total. The minimum atomic E-state index is -0.0308. The molecule has 1 aromatic heterocycles. The zero-order chi connectivity index (χ0) is 17.6. The van der Waals surface area contributed by atoms with Gasteiger partial charge in [-0.3, -0.25) is 4.79 Å². The Bertz CT molecular complexity index is 839. The zero-order valence-corrected chi connectivity index (χ0v) is 14.3. The van der Waals surface area contributed by atoms with Crippen LogP contribution in [-0.2, 0) is 4.79 Å². The number of benzene rings is 2. The average Bonchev–Trinajstić information content (AvgIpc) is 3.20. The highest BCUT2D eigenvalue weighted by molar-refractivity contribution is 5.91. The molecule has 1 amide bonds. The predicted molar refractivity (Wildman–Crippen MR) is 98.0 cm³/mol. The Balaban J connectivity index is 1.68. The SMILES string of the molecule is CC(c1ccc(-n2cncn2)cc1)N(C)C(=O)C=Cc1ccccc1. The molecule has 0 aliphatic carbocycles. The fourth-order valence-electron chi connectivity index (χ4n) is 2.51. The number of amides is 1. The smallest absolute Gasteiger partial charge is 0.246 e. The van der Waals surface area contributed by atoms with Crippen LogP contribution in [0.2, 0.25) is 0 Å². The summed E-state index contributed by atoms with van der Waals surface area (Å²) < 4.78 is 1.70. The molecule has 0 spiro atoms. The van der Waals surface area contributed by atoms with Gasteiger partial charge in [0.15, 0.2) is 0 Å². The molecule has 0 saturated heterocycles. The quantitative estimate of drug-likeness (QED) is 0.672. The highest BCUT2D eigenvalue weighted by Gasteiger charge is 2.15. The van der Waals surface area contributed by atoms with Crippen molar-refractivity contribution in [2.75, 3.05) is 7.05 Å². The van der Waals surface area contributed by atoms with Crippen LogP contribution in [0.25, 0.3) is 11.8 Å². The summed E-state index contributed by atoms with van der Waals surface area (Å²) in [6.45, 7) is 2.01. The van der Waals surface area contributed by atoms with Crippen LogP contribution >= 0.6 is 0 Å². The van der Waals surface area contributed by atoms with Gasteiger partial charge in [0.2, 0.25) is 5.91 Å². The van der Waals surface area contributed by atoms with E-state index in [4.69, 9.17) is 0 Å². The Morgan fingerprint density at radius 3 is 2.48 bits per heavy atom. The van der Waals surface area contributed by atoms with Gasteiger partial charge in [0.25, 0.3) is 0 Å². The molecule has 3 rings (SSSR count). The van der Waals surface area contributed by atoms with Crippen LogP contribution in [0.5, 0.6) is 0 Å². The van der Waals surface area contributed by atoms with Gasteiger partial charge in [-0.1, -0.05) is 42.5 Å². The maximum Gasteiger partial charge on any atom is 0.246 e. The van der Waals surface area contributed by atoms with Crippen molar-refractivity contribution in [1.82, 2.24) is 19.7 Å². The molecule has 126 valence electrons. The van der Waals surface area contributed by atoms with Gasteiger partial charge in [0.05, 0.1) is 11.7 Å². The van der Waals surface area contributed by atoms with Gasteiger partial charge in [-0.2, -0.15) is 5.10 Å². The molecule has 0 bridgehead atoms. The fourth-order valence-corrected chi connectivity index (χ4v) is 2.51. The first kappa shape index (κ1) is 16.6. The summed E-state index contributed by atoms with van der Waals surface area (Å²) in [7, 11) is 1.81. The molecule has 0 aliphatic heterocycles. The maximum atomic E-state index is 12.4. The molecule has 1 unspecified atom stereocenters. The molecule has 1 heterocycles. The van der Waals surface area contributed by atoms with E-state index in [2.05, 4.69) is 10.1 Å². The highest BCUT2D eigenvalue weighted by atomic mass is 16.2. The molecule has 0 fully saturated rings. The van der Waals surface area contributed by atoms with E-state index in [1.165, 1.54) is 6.33 Å². The number of hydrogen-bond donors (Lipinski definition) is 0. The van der Waals surface area contributed by atoms with E-state index in [0.717, 1.165) is 16.8 Å². The topological polar surface area (TPSA) is 51.0 Å². The lowest BCUT2D eigenvalue weighted by molar-refractivity contribution is -0.126. The number of rotatable bonds is 5. The molecule has 25 heavy (non-hydrogen) atoms.